The summed E-state index contributed by atoms with van der Waals surface area (Å²) in [6, 6.07) is 0. The van der Waals surface area contributed by atoms with E-state index in [1.165, 1.54) is 18.7 Å². The van der Waals surface area contributed by atoms with Crippen LogP contribution in [0.1, 0.15) is 34.1 Å². The van der Waals surface area contributed by atoms with Crippen molar-refractivity contribution in [3.8, 4) is 0 Å². The third-order valence-electron chi connectivity index (χ3n) is 3.23. The zero-order valence-corrected chi connectivity index (χ0v) is 11.5. The summed E-state index contributed by atoms with van der Waals surface area (Å²) in [4.78, 5) is 36.9. The van der Waals surface area contributed by atoms with E-state index in [9.17, 15) is 14.4 Å². The average Bonchev–Trinajstić information content (AvgIpc) is 2.57. The molecule has 0 N–H and O–H groups in total. The van der Waals surface area contributed by atoms with Gasteiger partial charge in [0, 0.05) is 13.0 Å². The van der Waals surface area contributed by atoms with Crippen molar-refractivity contribution in [2.45, 2.75) is 34.1 Å². The highest BCUT2D eigenvalue weighted by atomic mass is 16.5. The molecule has 0 bridgehead atoms. The molecule has 1 aliphatic heterocycles. The average molecular weight is 255 g/mol. The molecular formula is C13H21NO4. The van der Waals surface area contributed by atoms with Crippen LogP contribution in [-0.4, -0.2) is 42.3 Å². The summed E-state index contributed by atoms with van der Waals surface area (Å²) in [5, 5.41) is 0. The topological polar surface area (TPSA) is 63.7 Å². The van der Waals surface area contributed by atoms with Gasteiger partial charge >= 0.3 is 5.97 Å². The Labute approximate surface area is 107 Å². The standard InChI is InChI=1S/C13H21NO4/c1-5-18-12(17)13(3,4)10(15)8-14-7-9(2)6-11(14)16/h9H,5-8H2,1-4H3. The number of esters is 1. The molecule has 0 aromatic heterocycles. The number of Topliss-reactive ketones (excluding diaryl/α,β-unsaturated/α-hetero) is 1. The van der Waals surface area contributed by atoms with Crippen LogP contribution in [-0.2, 0) is 19.1 Å². The van der Waals surface area contributed by atoms with E-state index in [1.807, 2.05) is 6.92 Å². The lowest BCUT2D eigenvalue weighted by Crippen LogP contribution is -2.42. The molecule has 1 heterocycles. The third kappa shape index (κ3) is 3.09. The lowest BCUT2D eigenvalue weighted by atomic mass is 9.88. The van der Waals surface area contributed by atoms with E-state index in [0.29, 0.717) is 13.0 Å². The fourth-order valence-electron chi connectivity index (χ4n) is 1.92. The minimum Gasteiger partial charge on any atom is -0.465 e. The van der Waals surface area contributed by atoms with E-state index in [1.54, 1.807) is 6.92 Å². The van der Waals surface area contributed by atoms with Crippen LogP contribution in [0.15, 0.2) is 0 Å². The van der Waals surface area contributed by atoms with Crippen LogP contribution in [0.25, 0.3) is 0 Å². The van der Waals surface area contributed by atoms with Crippen molar-refractivity contribution in [3.63, 3.8) is 0 Å². The van der Waals surface area contributed by atoms with Crippen molar-refractivity contribution in [3.05, 3.63) is 0 Å². The lowest BCUT2D eigenvalue weighted by molar-refractivity contribution is -0.158. The fraction of sp³-hybridized carbons (Fsp3) is 0.769. The second kappa shape index (κ2) is 5.50. The molecule has 1 fully saturated rings. The number of amides is 1. The first-order valence-corrected chi connectivity index (χ1v) is 6.27. The van der Waals surface area contributed by atoms with E-state index in [4.69, 9.17) is 4.74 Å². The van der Waals surface area contributed by atoms with Crippen molar-refractivity contribution in [2.24, 2.45) is 11.3 Å². The summed E-state index contributed by atoms with van der Waals surface area (Å²) < 4.78 is 4.88. The molecule has 18 heavy (non-hydrogen) atoms. The lowest BCUT2D eigenvalue weighted by Gasteiger charge is -2.24. The van der Waals surface area contributed by atoms with Crippen LogP contribution in [0.4, 0.5) is 0 Å². The van der Waals surface area contributed by atoms with E-state index >= 15 is 0 Å². The molecule has 1 atom stereocenters. The van der Waals surface area contributed by atoms with Crippen molar-refractivity contribution in [1.82, 2.24) is 4.90 Å². The molecule has 102 valence electrons. The van der Waals surface area contributed by atoms with Crippen molar-refractivity contribution in [2.75, 3.05) is 19.7 Å². The largest absolute Gasteiger partial charge is 0.465 e. The van der Waals surface area contributed by atoms with E-state index in [2.05, 4.69) is 0 Å². The number of hydrogen-bond acceptors (Lipinski definition) is 4. The number of nitrogens with zero attached hydrogens (tertiary/aromatic N) is 1. The molecule has 1 saturated heterocycles. The highest BCUT2D eigenvalue weighted by Gasteiger charge is 2.39. The van der Waals surface area contributed by atoms with Gasteiger partial charge in [0.15, 0.2) is 5.78 Å². The monoisotopic (exact) mass is 255 g/mol. The predicted octanol–water partition coefficient (Wildman–Crippen LogP) is 1.01. The normalized spacial score (nSPS) is 20.1. The van der Waals surface area contributed by atoms with Gasteiger partial charge in [-0.1, -0.05) is 6.92 Å². The van der Waals surface area contributed by atoms with Gasteiger partial charge in [-0.25, -0.2) is 0 Å². The Morgan fingerprint density at radius 2 is 2.06 bits per heavy atom. The highest BCUT2D eigenvalue weighted by molar-refractivity contribution is 6.04. The molecule has 1 aliphatic rings. The van der Waals surface area contributed by atoms with Gasteiger partial charge in [0.05, 0.1) is 13.2 Å². The maximum atomic E-state index is 12.1. The predicted molar refractivity (Wildman–Crippen MR) is 65.8 cm³/mol. The number of carbonyl (C=O) groups excluding carboxylic acids is 3. The molecule has 1 amide bonds. The third-order valence-corrected chi connectivity index (χ3v) is 3.23. The van der Waals surface area contributed by atoms with Gasteiger partial charge in [0.25, 0.3) is 0 Å². The van der Waals surface area contributed by atoms with Crippen LogP contribution in [0.2, 0.25) is 0 Å². The summed E-state index contributed by atoms with van der Waals surface area (Å²) in [6.07, 6.45) is 0.479. The minimum absolute atomic E-state index is 0.00497. The molecule has 1 rings (SSSR count). The molecule has 0 radical (unpaired) electrons. The van der Waals surface area contributed by atoms with Gasteiger partial charge in [0.2, 0.25) is 5.91 Å². The zero-order chi connectivity index (χ0) is 13.9. The summed E-state index contributed by atoms with van der Waals surface area (Å²) >= 11 is 0. The SMILES string of the molecule is CCOC(=O)C(C)(C)C(=O)CN1CC(C)CC1=O. The maximum absolute atomic E-state index is 12.1. The number of likely N-dealkylation sites (tertiary alicyclic amines) is 1. The summed E-state index contributed by atoms with van der Waals surface area (Å²) in [5.41, 5.74) is -1.19. The second-order valence-electron chi connectivity index (χ2n) is 5.35. The van der Waals surface area contributed by atoms with Gasteiger partial charge in [-0.2, -0.15) is 0 Å². The molecule has 0 aliphatic carbocycles. The van der Waals surface area contributed by atoms with Crippen LogP contribution in [0.3, 0.4) is 0 Å². The first-order valence-electron chi connectivity index (χ1n) is 6.27. The van der Waals surface area contributed by atoms with E-state index in [-0.39, 0.29) is 30.8 Å². The van der Waals surface area contributed by atoms with Crippen LogP contribution >= 0.6 is 0 Å². The Morgan fingerprint density at radius 1 is 1.44 bits per heavy atom. The quantitative estimate of drug-likeness (QED) is 0.543. The first kappa shape index (κ1) is 14.7. The maximum Gasteiger partial charge on any atom is 0.319 e. The number of ketones is 1. The molecule has 0 aromatic rings. The van der Waals surface area contributed by atoms with Crippen LogP contribution in [0, 0.1) is 11.3 Å². The molecule has 0 saturated carbocycles. The summed E-state index contributed by atoms with van der Waals surface area (Å²) in [5.74, 6) is -0.551. The van der Waals surface area contributed by atoms with Gasteiger partial charge < -0.3 is 9.64 Å². The fourth-order valence-corrected chi connectivity index (χ4v) is 1.92. The molecule has 5 heteroatoms. The van der Waals surface area contributed by atoms with Crippen molar-refractivity contribution in [1.29, 1.82) is 0 Å². The molecule has 1 unspecified atom stereocenters. The Morgan fingerprint density at radius 3 is 2.50 bits per heavy atom. The summed E-state index contributed by atoms with van der Waals surface area (Å²) in [7, 11) is 0. The molecule has 0 spiro atoms. The minimum atomic E-state index is -1.19. The first-order chi connectivity index (χ1) is 8.28. The number of rotatable bonds is 5. The zero-order valence-electron chi connectivity index (χ0n) is 11.5. The van der Waals surface area contributed by atoms with Gasteiger partial charge in [0.1, 0.15) is 5.41 Å². The number of hydrogen-bond donors (Lipinski definition) is 0. The molecule has 0 aromatic carbocycles. The number of carbonyl (C=O) groups is 3. The van der Waals surface area contributed by atoms with E-state index < -0.39 is 11.4 Å². The molecule has 5 nitrogen and oxygen atoms in total. The van der Waals surface area contributed by atoms with Gasteiger partial charge in [-0.15, -0.1) is 0 Å². The second-order valence-corrected chi connectivity index (χ2v) is 5.35. The van der Waals surface area contributed by atoms with Gasteiger partial charge in [-0.3, -0.25) is 14.4 Å². The number of ether oxygens (including phenoxy) is 1. The highest BCUT2D eigenvalue weighted by Crippen LogP contribution is 2.22. The van der Waals surface area contributed by atoms with Gasteiger partial charge in [-0.05, 0) is 26.7 Å². The van der Waals surface area contributed by atoms with Crippen molar-refractivity contribution < 1.29 is 19.1 Å². The van der Waals surface area contributed by atoms with Crippen LogP contribution < -0.4 is 0 Å². The van der Waals surface area contributed by atoms with E-state index in [0.717, 1.165) is 0 Å². The summed E-state index contributed by atoms with van der Waals surface area (Å²) in [6.45, 7) is 7.57. The van der Waals surface area contributed by atoms with Crippen molar-refractivity contribution >= 4 is 17.7 Å². The Balaban J connectivity index is 2.64. The molecular weight excluding hydrogens is 234 g/mol. The Hall–Kier alpha value is -1.39. The Bertz CT molecular complexity index is 362. The Kier molecular flexibility index (Phi) is 4.48. The van der Waals surface area contributed by atoms with Crippen LogP contribution in [0.5, 0.6) is 0 Å². The smallest absolute Gasteiger partial charge is 0.319 e.